The van der Waals surface area contributed by atoms with Crippen molar-refractivity contribution in [2.24, 2.45) is 10.8 Å². The highest BCUT2D eigenvalue weighted by molar-refractivity contribution is 6.13. The average Bonchev–Trinajstić information content (AvgIpc) is 0.826. The standard InChI is InChI=1S/C40H44N6O5.C30H32N6O4/c1-24(47)33-20-26(38(48)43-23-40(2,3)4)10-13-31(33)32-15-16-35(46(5)6)45-36(32)39(49)44-28-11-14-30-25(19-28)17-18-41-37(30)42-22-27-9-12-29(50-7)21-34(27)51-8;1-30(2,3)16-33-27(37)18-6-8-21(23(15-18)29(39)40)22-10-11-24(36(4)5)35-25(22)28(38)34-19-7-9-20-17(14-19)12-13-32-26(20)31/h9-21H,22-23H2,1-8H3,(H,41,42)(H,43,48)(H,44,49);6-15H,16H2,1-5H3,(H2,31,32)(H,33,37)(H,34,38)(H,39,40). The van der Waals surface area contributed by atoms with Gasteiger partial charge in [-0.1, -0.05) is 53.7 Å². The number of carboxylic acid groups (broad SMARTS) is 1. The molecule has 0 radical (unpaired) electrons. The molecule has 0 saturated heterocycles. The van der Waals surface area contributed by atoms with Crippen LogP contribution in [0.1, 0.15) is 116 Å². The minimum atomic E-state index is -1.23. The van der Waals surface area contributed by atoms with Crippen LogP contribution in [0.2, 0.25) is 0 Å². The Balaban J connectivity index is 0.000000242. The average molecular weight is 1230 g/mol. The molecule has 21 nitrogen and oxygen atoms in total. The number of nitrogen functional groups attached to an aromatic ring is 1. The van der Waals surface area contributed by atoms with Gasteiger partial charge in [-0.15, -0.1) is 0 Å². The molecular weight excluding hydrogens is 1150 g/mol. The molecule has 0 atom stereocenters. The lowest BCUT2D eigenvalue weighted by Gasteiger charge is -2.19. The largest absolute Gasteiger partial charge is 0.497 e. The summed E-state index contributed by atoms with van der Waals surface area (Å²) in [5.41, 5.74) is 10.2. The maximum Gasteiger partial charge on any atom is 0.336 e. The van der Waals surface area contributed by atoms with Crippen molar-refractivity contribution >= 4 is 91.6 Å². The van der Waals surface area contributed by atoms with Crippen molar-refractivity contribution < 1.29 is 43.3 Å². The summed E-state index contributed by atoms with van der Waals surface area (Å²) in [6.45, 7) is 14.9. The van der Waals surface area contributed by atoms with Gasteiger partial charge in [-0.05, 0) is 149 Å². The number of nitrogens with two attached hydrogens (primary N) is 1. The first kappa shape index (κ1) is 66.0. The molecule has 470 valence electrons. The van der Waals surface area contributed by atoms with Crippen molar-refractivity contribution in [3.8, 4) is 33.8 Å². The lowest BCUT2D eigenvalue weighted by atomic mass is 9.93. The Hall–Kier alpha value is -11.0. The third-order valence-electron chi connectivity index (χ3n) is 14.4. The zero-order valence-corrected chi connectivity index (χ0v) is 53.4. The van der Waals surface area contributed by atoms with E-state index in [4.69, 9.17) is 20.2 Å². The lowest BCUT2D eigenvalue weighted by molar-refractivity contribution is 0.0696. The molecule has 0 bridgehead atoms. The molecule has 4 aromatic heterocycles. The summed E-state index contributed by atoms with van der Waals surface area (Å²) in [5, 5.41) is 28.4. The quantitative estimate of drug-likeness (QED) is 0.0370. The van der Waals surface area contributed by atoms with Gasteiger partial charge in [0, 0.05) is 122 Å². The van der Waals surface area contributed by atoms with Gasteiger partial charge >= 0.3 is 5.97 Å². The Morgan fingerprint density at radius 3 is 1.51 bits per heavy atom. The van der Waals surface area contributed by atoms with Crippen LogP contribution in [0.5, 0.6) is 11.5 Å². The van der Waals surface area contributed by atoms with Gasteiger partial charge in [0.15, 0.2) is 5.78 Å². The number of benzene rings is 5. The summed E-state index contributed by atoms with van der Waals surface area (Å²) in [4.78, 5) is 99.9. The van der Waals surface area contributed by atoms with E-state index in [-0.39, 0.29) is 56.5 Å². The molecule has 9 rings (SSSR count). The topological polar surface area (TPSA) is 285 Å². The monoisotopic (exact) mass is 1230 g/mol. The molecule has 0 fully saturated rings. The number of aromatic carboxylic acids is 1. The highest BCUT2D eigenvalue weighted by atomic mass is 16.5. The third kappa shape index (κ3) is 16.4. The number of pyridine rings is 4. The van der Waals surface area contributed by atoms with Gasteiger partial charge in [0.2, 0.25) is 0 Å². The molecule has 0 saturated carbocycles. The summed E-state index contributed by atoms with van der Waals surface area (Å²) in [6, 6.07) is 36.4. The Morgan fingerprint density at radius 2 is 1.02 bits per heavy atom. The molecule has 4 heterocycles. The number of aromatic nitrogens is 4. The van der Waals surface area contributed by atoms with Crippen LogP contribution >= 0.6 is 0 Å². The number of nitrogens with one attached hydrogen (secondary N) is 5. The number of carbonyl (C=O) groups is 6. The normalized spacial score (nSPS) is 11.2. The van der Waals surface area contributed by atoms with Gasteiger partial charge < -0.3 is 56.7 Å². The molecular formula is C70H76N12O9. The number of amides is 4. The second kappa shape index (κ2) is 28.0. The van der Waals surface area contributed by atoms with Gasteiger partial charge in [0.05, 0.1) is 19.8 Å². The fourth-order valence-electron chi connectivity index (χ4n) is 9.61. The molecule has 91 heavy (non-hydrogen) atoms. The number of ketones is 1. The molecule has 0 aliphatic carbocycles. The van der Waals surface area contributed by atoms with Gasteiger partial charge in [-0.2, -0.15) is 0 Å². The maximum absolute atomic E-state index is 14.0. The number of hydrogen-bond acceptors (Lipinski definition) is 16. The Kier molecular flexibility index (Phi) is 20.3. The SMILES string of the molecule is CN(C)c1ccc(-c2ccc(C(=O)NCC(C)(C)C)cc2C(=O)O)c(C(=O)Nc2ccc3c(N)nccc3c2)n1.COc1ccc(CNc2nccc3cc(NC(=O)c4nc(N(C)C)ccc4-c4ccc(C(=O)NCC(C)(C)C)cc4C(C)=O)ccc23)c(OC)c1. The number of carbonyl (C=O) groups excluding carboxylic acids is 5. The van der Waals surface area contributed by atoms with Crippen LogP contribution in [0.25, 0.3) is 43.8 Å². The maximum atomic E-state index is 14.0. The van der Waals surface area contributed by atoms with Gasteiger partial charge in [0.1, 0.15) is 46.2 Å². The lowest BCUT2D eigenvalue weighted by Crippen LogP contribution is -2.32. The zero-order chi connectivity index (χ0) is 66.1. The number of nitrogens with zero attached hydrogens (tertiary/aromatic N) is 6. The van der Waals surface area contributed by atoms with Crippen LogP contribution in [-0.2, 0) is 6.54 Å². The predicted octanol–water partition coefficient (Wildman–Crippen LogP) is 11.9. The van der Waals surface area contributed by atoms with Crippen LogP contribution in [-0.4, -0.2) is 116 Å². The Labute approximate surface area is 528 Å². The van der Waals surface area contributed by atoms with Crippen molar-refractivity contribution in [3.05, 3.63) is 179 Å². The number of methoxy groups -OCH3 is 2. The molecule has 21 heteroatoms. The summed E-state index contributed by atoms with van der Waals surface area (Å²) in [6.07, 6.45) is 3.29. The third-order valence-corrected chi connectivity index (χ3v) is 14.4. The van der Waals surface area contributed by atoms with Crippen molar-refractivity contribution in [2.75, 3.05) is 87.0 Å². The number of fused-ring (bicyclic) bond motifs is 2. The van der Waals surface area contributed by atoms with Crippen molar-refractivity contribution in [2.45, 2.75) is 55.0 Å². The molecule has 9 aromatic rings. The van der Waals surface area contributed by atoms with E-state index in [0.29, 0.717) is 93.6 Å². The highest BCUT2D eigenvalue weighted by Crippen LogP contribution is 2.34. The number of rotatable bonds is 19. The van der Waals surface area contributed by atoms with Crippen molar-refractivity contribution in [3.63, 3.8) is 0 Å². The summed E-state index contributed by atoms with van der Waals surface area (Å²) < 4.78 is 10.9. The molecule has 0 spiro atoms. The van der Waals surface area contributed by atoms with Gasteiger partial charge in [-0.25, -0.2) is 24.7 Å². The first-order chi connectivity index (χ1) is 43.1. The molecule has 5 aromatic carbocycles. The van der Waals surface area contributed by atoms with Crippen LogP contribution in [0.4, 0.5) is 34.6 Å². The van der Waals surface area contributed by atoms with Gasteiger partial charge in [0.25, 0.3) is 23.6 Å². The van der Waals surface area contributed by atoms with Crippen LogP contribution in [0, 0.1) is 10.8 Å². The van der Waals surface area contributed by atoms with Crippen LogP contribution in [0.15, 0.2) is 140 Å². The smallest absolute Gasteiger partial charge is 0.336 e. The number of carboxylic acids is 1. The first-order valence-corrected chi connectivity index (χ1v) is 29.2. The Bertz CT molecular complexity index is 4270. The van der Waals surface area contributed by atoms with Crippen LogP contribution < -0.4 is 51.6 Å². The van der Waals surface area contributed by atoms with Crippen molar-refractivity contribution in [1.82, 2.24) is 30.6 Å². The number of ether oxygens (including phenoxy) is 2. The molecule has 8 N–H and O–H groups in total. The van der Waals surface area contributed by atoms with Crippen molar-refractivity contribution in [1.29, 1.82) is 0 Å². The molecule has 0 aliphatic heterocycles. The van der Waals surface area contributed by atoms with E-state index in [1.165, 1.54) is 19.1 Å². The summed E-state index contributed by atoms with van der Waals surface area (Å²) in [5.74, 6) is 0.453. The van der Waals surface area contributed by atoms with E-state index in [0.717, 1.165) is 27.1 Å². The van der Waals surface area contributed by atoms with E-state index in [1.807, 2.05) is 98.1 Å². The first-order valence-electron chi connectivity index (χ1n) is 29.2. The second-order valence-electron chi connectivity index (χ2n) is 24.5. The second-order valence-corrected chi connectivity index (χ2v) is 24.5. The zero-order valence-electron chi connectivity index (χ0n) is 53.4. The van der Waals surface area contributed by atoms with E-state index >= 15 is 0 Å². The number of anilines is 6. The van der Waals surface area contributed by atoms with E-state index < -0.39 is 17.8 Å². The molecule has 0 aliphatic rings. The fourth-order valence-corrected chi connectivity index (χ4v) is 9.61. The highest BCUT2D eigenvalue weighted by Gasteiger charge is 2.26. The van der Waals surface area contributed by atoms with E-state index in [2.05, 4.69) is 41.5 Å². The van der Waals surface area contributed by atoms with Crippen LogP contribution in [0.3, 0.4) is 0 Å². The fraction of sp³-hybridized carbons (Fsp3) is 0.257. The Morgan fingerprint density at radius 1 is 0.538 bits per heavy atom. The summed E-state index contributed by atoms with van der Waals surface area (Å²) >= 11 is 0. The van der Waals surface area contributed by atoms with E-state index in [9.17, 15) is 33.9 Å². The molecule has 4 amide bonds. The number of Topliss-reactive ketones (excluding diaryl/α,β-unsaturated/α-hetero) is 1. The number of hydrogen-bond donors (Lipinski definition) is 7. The van der Waals surface area contributed by atoms with Gasteiger partial charge in [-0.3, -0.25) is 24.0 Å². The minimum Gasteiger partial charge on any atom is -0.497 e. The molecule has 0 unspecified atom stereocenters. The van der Waals surface area contributed by atoms with E-state index in [1.54, 1.807) is 123 Å². The predicted molar refractivity (Wildman–Crippen MR) is 359 cm³/mol. The summed E-state index contributed by atoms with van der Waals surface area (Å²) in [7, 11) is 10.5. The minimum absolute atomic E-state index is 0.0352.